The van der Waals surface area contributed by atoms with E-state index in [0.717, 1.165) is 12.1 Å². The summed E-state index contributed by atoms with van der Waals surface area (Å²) in [6, 6.07) is 3.69. The van der Waals surface area contributed by atoms with Gasteiger partial charge in [-0.3, -0.25) is 4.99 Å². The summed E-state index contributed by atoms with van der Waals surface area (Å²) < 4.78 is 5.90. The van der Waals surface area contributed by atoms with E-state index < -0.39 is 6.16 Å². The Morgan fingerprint density at radius 2 is 2.19 bits per heavy atom. The number of carbonyl (C=O) groups is 1. The van der Waals surface area contributed by atoms with Crippen molar-refractivity contribution < 1.29 is 14.6 Å². The lowest BCUT2D eigenvalue weighted by atomic mass is 10.0. The number of ether oxygens (including phenoxy) is 1. The highest BCUT2D eigenvalue weighted by Crippen LogP contribution is 2.38. The summed E-state index contributed by atoms with van der Waals surface area (Å²) in [5.41, 5.74) is 1.77. The first-order chi connectivity index (χ1) is 9.81. The predicted molar refractivity (Wildman–Crippen MR) is 97.5 cm³/mol. The van der Waals surface area contributed by atoms with E-state index in [4.69, 9.17) is 9.84 Å². The second-order valence-corrected chi connectivity index (χ2v) is 6.68. The van der Waals surface area contributed by atoms with Crippen molar-refractivity contribution in [2.45, 2.75) is 27.2 Å². The maximum atomic E-state index is 10.8. The average Bonchev–Trinajstić information content (AvgIpc) is 2.44. The highest BCUT2D eigenvalue weighted by molar-refractivity contribution is 14.1. The lowest BCUT2D eigenvalue weighted by Gasteiger charge is -2.13. The topological polar surface area (TPSA) is 82.7 Å². The monoisotopic (exact) mass is 512 g/mol. The minimum absolute atomic E-state index is 0.221. The summed E-state index contributed by atoms with van der Waals surface area (Å²) in [7, 11) is 0. The highest BCUT2D eigenvalue weighted by atomic mass is 127. The average molecular weight is 512 g/mol. The molecule has 1 aromatic rings. The van der Waals surface area contributed by atoms with Gasteiger partial charge in [-0.1, -0.05) is 13.8 Å². The van der Waals surface area contributed by atoms with Crippen molar-refractivity contribution in [2.24, 2.45) is 10.9 Å². The van der Waals surface area contributed by atoms with Crippen molar-refractivity contribution in [1.29, 1.82) is 5.26 Å². The first kappa shape index (κ1) is 18.2. The molecule has 0 radical (unpaired) electrons. The molecule has 1 N–H and O–H groups in total. The molecular weight excluding hydrogens is 498 g/mol. The smallest absolute Gasteiger partial charge is 0.449 e. The summed E-state index contributed by atoms with van der Waals surface area (Å²) in [6.07, 6.45) is -0.444. The minimum Gasteiger partial charge on any atom is -0.449 e. The second-order valence-electron chi connectivity index (χ2n) is 4.44. The fourth-order valence-corrected chi connectivity index (χ4v) is 3.57. The molecule has 0 amide bonds. The summed E-state index contributed by atoms with van der Waals surface area (Å²) in [5, 5.41) is 18.1. The number of nitriles is 1. The molecule has 1 unspecified atom stereocenters. The third kappa shape index (κ3) is 4.54. The molecule has 0 spiro atoms. The Labute approximate surface area is 150 Å². The Balaban J connectivity index is 3.50. The van der Waals surface area contributed by atoms with E-state index in [-0.39, 0.29) is 11.7 Å². The lowest BCUT2D eigenvalue weighted by Crippen LogP contribution is -2.08. The van der Waals surface area contributed by atoms with E-state index >= 15 is 0 Å². The van der Waals surface area contributed by atoms with Crippen LogP contribution in [0.1, 0.15) is 32.8 Å². The van der Waals surface area contributed by atoms with Gasteiger partial charge >= 0.3 is 6.16 Å². The van der Waals surface area contributed by atoms with Crippen molar-refractivity contribution in [3.8, 4) is 11.8 Å². The maximum Gasteiger partial charge on any atom is 0.511 e. The minimum atomic E-state index is -1.39. The van der Waals surface area contributed by atoms with Gasteiger partial charge in [0.1, 0.15) is 6.07 Å². The highest BCUT2D eigenvalue weighted by Gasteiger charge is 2.19. The molecule has 0 heterocycles. The lowest BCUT2D eigenvalue weighted by molar-refractivity contribution is 0.144. The van der Waals surface area contributed by atoms with Gasteiger partial charge in [-0.15, -0.1) is 0 Å². The van der Waals surface area contributed by atoms with Crippen molar-refractivity contribution in [3.63, 3.8) is 0 Å². The fourth-order valence-electron chi connectivity index (χ4n) is 1.55. The van der Waals surface area contributed by atoms with Crippen LogP contribution >= 0.6 is 45.2 Å². The van der Waals surface area contributed by atoms with Gasteiger partial charge < -0.3 is 9.84 Å². The zero-order chi connectivity index (χ0) is 16.2. The molecule has 1 rings (SSSR count). The molecule has 21 heavy (non-hydrogen) atoms. The molecule has 0 saturated carbocycles. The van der Waals surface area contributed by atoms with Crippen molar-refractivity contribution >= 4 is 62.7 Å². The number of hydrogen-bond acceptors (Lipinski definition) is 4. The van der Waals surface area contributed by atoms with Gasteiger partial charge in [-0.2, -0.15) is 5.26 Å². The number of nitrogens with zero attached hydrogens (tertiary/aromatic N) is 2. The van der Waals surface area contributed by atoms with Crippen molar-refractivity contribution in [1.82, 2.24) is 0 Å². The molecule has 0 aromatic heterocycles. The summed E-state index contributed by atoms with van der Waals surface area (Å²) in [5.74, 6) is 0.508. The van der Waals surface area contributed by atoms with E-state index in [2.05, 4.69) is 24.9 Å². The number of benzene rings is 1. The molecule has 7 heteroatoms. The van der Waals surface area contributed by atoms with Crippen molar-refractivity contribution in [3.05, 3.63) is 18.8 Å². The number of carboxylic acid groups (broad SMARTS) is 1. The Morgan fingerprint density at radius 1 is 1.57 bits per heavy atom. The Bertz CT molecular complexity index is 636. The first-order valence-corrected chi connectivity index (χ1v) is 8.35. The van der Waals surface area contributed by atoms with Gasteiger partial charge in [-0.25, -0.2) is 4.79 Å². The van der Waals surface area contributed by atoms with Crippen LogP contribution < -0.4 is 4.74 Å². The van der Waals surface area contributed by atoms with Crippen molar-refractivity contribution in [2.75, 3.05) is 0 Å². The molecule has 0 fully saturated rings. The van der Waals surface area contributed by atoms with Crippen LogP contribution in [0, 0.1) is 24.4 Å². The summed E-state index contributed by atoms with van der Waals surface area (Å²) in [4.78, 5) is 15.3. The number of hydrogen-bond donors (Lipinski definition) is 1. The first-order valence-electron chi connectivity index (χ1n) is 6.19. The van der Waals surface area contributed by atoms with Crippen LogP contribution in [0.5, 0.6) is 5.75 Å². The zero-order valence-corrected chi connectivity index (χ0v) is 16.1. The van der Waals surface area contributed by atoms with Gasteiger partial charge in [0.15, 0.2) is 5.75 Å². The molecule has 0 aliphatic rings. The van der Waals surface area contributed by atoms with E-state index in [1.54, 1.807) is 6.07 Å². The molecular formula is C14H14I2N2O3. The zero-order valence-electron chi connectivity index (χ0n) is 11.8. The second kappa shape index (κ2) is 7.93. The van der Waals surface area contributed by atoms with Gasteiger partial charge in [0.2, 0.25) is 0 Å². The fraction of sp³-hybridized carbons (Fsp3) is 0.357. The van der Waals surface area contributed by atoms with Crippen LogP contribution in [0.25, 0.3) is 0 Å². The van der Waals surface area contributed by atoms with Gasteiger partial charge in [0.25, 0.3) is 0 Å². The van der Waals surface area contributed by atoms with Gasteiger partial charge in [0, 0.05) is 5.71 Å². The van der Waals surface area contributed by atoms with Crippen LogP contribution in [-0.2, 0) is 0 Å². The van der Waals surface area contributed by atoms with Crippen LogP contribution in [0.4, 0.5) is 10.5 Å². The molecule has 112 valence electrons. The quantitative estimate of drug-likeness (QED) is 0.268. The third-order valence-corrected chi connectivity index (χ3v) is 4.88. The Kier molecular flexibility index (Phi) is 6.86. The standard InChI is InChI=1S/C14H14I2N2O3/c1-4-7(2)8(3)18-12-9(6-17)5-10(15)13(11(12)16)21-14(19)20/h5,7H,4H2,1-3H3,(H,19,20). The molecule has 0 aliphatic heterocycles. The van der Waals surface area contributed by atoms with E-state index in [0.29, 0.717) is 18.4 Å². The Morgan fingerprint density at radius 3 is 2.67 bits per heavy atom. The van der Waals surface area contributed by atoms with Gasteiger partial charge in [0.05, 0.1) is 18.4 Å². The van der Waals surface area contributed by atoms with E-state index in [1.165, 1.54) is 0 Å². The number of rotatable bonds is 4. The number of halogens is 2. The normalized spacial score (nSPS) is 12.7. The van der Waals surface area contributed by atoms with E-state index in [1.807, 2.05) is 52.1 Å². The van der Waals surface area contributed by atoms with Gasteiger partial charge in [-0.05, 0) is 70.5 Å². The molecule has 0 bridgehead atoms. The molecule has 1 atom stereocenters. The number of aliphatic imine (C=N–C) groups is 1. The predicted octanol–water partition coefficient (Wildman–Crippen LogP) is 4.96. The van der Waals surface area contributed by atoms with Crippen LogP contribution in [0.3, 0.4) is 0 Å². The van der Waals surface area contributed by atoms with Crippen LogP contribution in [-0.4, -0.2) is 17.0 Å². The summed E-state index contributed by atoms with van der Waals surface area (Å²) in [6.45, 7) is 6.02. The van der Waals surface area contributed by atoms with Crippen LogP contribution in [0.2, 0.25) is 0 Å². The third-order valence-electron chi connectivity index (χ3n) is 3.07. The molecule has 0 aliphatic carbocycles. The largest absolute Gasteiger partial charge is 0.511 e. The molecule has 1 aromatic carbocycles. The molecule has 0 saturated heterocycles. The van der Waals surface area contributed by atoms with Crippen LogP contribution in [0.15, 0.2) is 11.1 Å². The molecule has 5 nitrogen and oxygen atoms in total. The SMILES string of the molecule is CCC(C)C(C)=Nc1c(C#N)cc(I)c(OC(=O)O)c1I. The maximum absolute atomic E-state index is 10.8. The summed E-state index contributed by atoms with van der Waals surface area (Å²) >= 11 is 3.91. The Hall–Kier alpha value is -0.890. The van der Waals surface area contributed by atoms with E-state index in [9.17, 15) is 10.1 Å².